The number of hydrogen-bond donors (Lipinski definition) is 0. The van der Waals surface area contributed by atoms with Crippen LogP contribution in [0.15, 0.2) is 74.8 Å². The van der Waals surface area contributed by atoms with Crippen molar-refractivity contribution in [2.45, 2.75) is 19.8 Å². The number of nitrogens with zero attached hydrogens (tertiary/aromatic N) is 1. The van der Waals surface area contributed by atoms with Crippen molar-refractivity contribution < 1.29 is 13.9 Å². The molecule has 4 rings (SSSR count). The van der Waals surface area contributed by atoms with Crippen molar-refractivity contribution in [3.63, 3.8) is 0 Å². The molecule has 0 fully saturated rings. The monoisotopic (exact) mass is 403 g/mol. The van der Waals surface area contributed by atoms with E-state index < -0.39 is 0 Å². The molecule has 0 saturated carbocycles. The number of carbonyl (C=O) groups is 1. The Morgan fingerprint density at radius 1 is 1.07 bits per heavy atom. The predicted molar refractivity (Wildman–Crippen MR) is 117 cm³/mol. The second-order valence-corrected chi connectivity index (χ2v) is 7.56. The van der Waals surface area contributed by atoms with Crippen LogP contribution in [0.2, 0.25) is 0 Å². The number of carbonyl (C=O) groups excluding carboxylic acids is 1. The summed E-state index contributed by atoms with van der Waals surface area (Å²) in [5.74, 6) is 1.72. The molecule has 0 spiro atoms. The van der Waals surface area contributed by atoms with Gasteiger partial charge in [0.15, 0.2) is 0 Å². The molecule has 0 saturated heterocycles. The molecule has 5 heteroatoms. The number of ether oxygens (including phenoxy) is 1. The Labute approximate surface area is 173 Å². The highest BCUT2D eigenvalue weighted by Gasteiger charge is 2.15. The topological polar surface area (TPSA) is 51.8 Å². The standard InChI is InChI=1S/C24H21NO3S/c1-16(26)7-12-21-20-5-3-4-6-22(20)24(28-23(21)17-13-14-29-15-17)25-18-8-10-19(27-2)11-9-18/h3-6,8-11,13-15H,7,12H2,1-2H3. The van der Waals surface area contributed by atoms with Gasteiger partial charge < -0.3 is 13.9 Å². The maximum Gasteiger partial charge on any atom is 0.227 e. The molecule has 0 bridgehead atoms. The van der Waals surface area contributed by atoms with E-state index in [1.165, 1.54) is 0 Å². The molecule has 0 aliphatic carbocycles. The van der Waals surface area contributed by atoms with Crippen LogP contribution < -0.4 is 10.3 Å². The number of benzene rings is 2. The van der Waals surface area contributed by atoms with E-state index >= 15 is 0 Å². The smallest absolute Gasteiger partial charge is 0.227 e. The van der Waals surface area contributed by atoms with Crippen molar-refractivity contribution in [3.8, 4) is 17.1 Å². The third-order valence-electron chi connectivity index (χ3n) is 4.77. The first-order chi connectivity index (χ1) is 14.2. The molecular weight excluding hydrogens is 382 g/mol. The van der Waals surface area contributed by atoms with E-state index in [0.29, 0.717) is 18.4 Å². The van der Waals surface area contributed by atoms with Crippen molar-refractivity contribution >= 4 is 33.6 Å². The Morgan fingerprint density at radius 2 is 1.83 bits per heavy atom. The summed E-state index contributed by atoms with van der Waals surface area (Å²) in [5, 5.41) is 6.08. The van der Waals surface area contributed by atoms with Gasteiger partial charge in [0, 0.05) is 28.3 Å². The van der Waals surface area contributed by atoms with E-state index in [9.17, 15) is 4.79 Å². The summed E-state index contributed by atoms with van der Waals surface area (Å²) in [6.07, 6.45) is 1.11. The largest absolute Gasteiger partial charge is 0.497 e. The lowest BCUT2D eigenvalue weighted by atomic mass is 9.98. The molecule has 2 aromatic heterocycles. The molecule has 0 aliphatic heterocycles. The lowest BCUT2D eigenvalue weighted by Gasteiger charge is -2.11. The van der Waals surface area contributed by atoms with Crippen molar-refractivity contribution in [3.05, 3.63) is 76.5 Å². The Kier molecular flexibility index (Phi) is 5.58. The summed E-state index contributed by atoms with van der Waals surface area (Å²) in [5.41, 5.74) is 3.39. The summed E-state index contributed by atoms with van der Waals surface area (Å²) in [6.45, 7) is 1.62. The first-order valence-corrected chi connectivity index (χ1v) is 10.4. The second kappa shape index (κ2) is 8.45. The Morgan fingerprint density at radius 3 is 2.48 bits per heavy atom. The van der Waals surface area contributed by atoms with Gasteiger partial charge in [-0.15, -0.1) is 0 Å². The quantitative estimate of drug-likeness (QED) is 0.401. The maximum absolute atomic E-state index is 11.7. The van der Waals surface area contributed by atoms with Gasteiger partial charge in [-0.05, 0) is 60.5 Å². The number of thiophene rings is 1. The molecular formula is C24H21NO3S. The summed E-state index contributed by atoms with van der Waals surface area (Å²) in [6, 6.07) is 17.7. The third kappa shape index (κ3) is 4.15. The van der Waals surface area contributed by atoms with Crippen LogP contribution in [0.4, 0.5) is 5.69 Å². The van der Waals surface area contributed by atoms with Crippen LogP contribution in [0, 0.1) is 0 Å². The molecule has 29 heavy (non-hydrogen) atoms. The van der Waals surface area contributed by atoms with Crippen LogP contribution in [-0.2, 0) is 11.2 Å². The maximum atomic E-state index is 11.7. The number of ketones is 1. The summed E-state index contributed by atoms with van der Waals surface area (Å²) in [4.78, 5) is 16.4. The first-order valence-electron chi connectivity index (χ1n) is 9.41. The van der Waals surface area contributed by atoms with Crippen LogP contribution in [0.1, 0.15) is 18.9 Å². The van der Waals surface area contributed by atoms with Gasteiger partial charge in [0.2, 0.25) is 5.55 Å². The highest BCUT2D eigenvalue weighted by Crippen LogP contribution is 2.31. The molecule has 0 aliphatic rings. The van der Waals surface area contributed by atoms with Crippen LogP contribution in [0.25, 0.3) is 22.1 Å². The molecule has 4 aromatic rings. The SMILES string of the molecule is COc1ccc(N=c2oc(-c3ccsc3)c(CCC(C)=O)c3ccccc23)cc1. The molecule has 0 amide bonds. The predicted octanol–water partition coefficient (Wildman–Crippen LogP) is 5.92. The molecule has 0 radical (unpaired) electrons. The Balaban J connectivity index is 1.96. The fourth-order valence-electron chi connectivity index (χ4n) is 3.30. The minimum Gasteiger partial charge on any atom is -0.497 e. The van der Waals surface area contributed by atoms with Crippen LogP contribution >= 0.6 is 11.3 Å². The molecule has 2 aromatic carbocycles. The molecule has 0 N–H and O–H groups in total. The van der Waals surface area contributed by atoms with Gasteiger partial charge in [0.05, 0.1) is 12.8 Å². The molecule has 4 nitrogen and oxygen atoms in total. The first kappa shape index (κ1) is 19.2. The van der Waals surface area contributed by atoms with Crippen LogP contribution in [0.3, 0.4) is 0 Å². The normalized spacial score (nSPS) is 11.7. The summed E-state index contributed by atoms with van der Waals surface area (Å²) < 4.78 is 11.6. The van der Waals surface area contributed by atoms with E-state index in [-0.39, 0.29) is 5.78 Å². The number of Topliss-reactive ketones (excluding diaryl/α,β-unsaturated/α-hetero) is 1. The molecule has 2 heterocycles. The average Bonchev–Trinajstić information content (AvgIpc) is 3.28. The van der Waals surface area contributed by atoms with E-state index in [4.69, 9.17) is 14.1 Å². The van der Waals surface area contributed by atoms with Gasteiger partial charge in [0.25, 0.3) is 0 Å². The molecule has 146 valence electrons. The number of rotatable bonds is 6. The summed E-state index contributed by atoms with van der Waals surface area (Å²) >= 11 is 1.62. The second-order valence-electron chi connectivity index (χ2n) is 6.78. The van der Waals surface area contributed by atoms with E-state index in [0.717, 1.165) is 39.1 Å². The summed E-state index contributed by atoms with van der Waals surface area (Å²) in [7, 11) is 1.64. The minimum absolute atomic E-state index is 0.164. The van der Waals surface area contributed by atoms with E-state index in [1.54, 1.807) is 25.4 Å². The lowest BCUT2D eigenvalue weighted by molar-refractivity contribution is -0.116. The van der Waals surface area contributed by atoms with Crippen molar-refractivity contribution in [2.24, 2.45) is 4.99 Å². The van der Waals surface area contributed by atoms with Crippen molar-refractivity contribution in [1.82, 2.24) is 0 Å². The fraction of sp³-hybridized carbons (Fsp3) is 0.167. The number of fused-ring (bicyclic) bond motifs is 1. The number of methoxy groups -OCH3 is 1. The highest BCUT2D eigenvalue weighted by atomic mass is 32.1. The zero-order chi connectivity index (χ0) is 20.2. The average molecular weight is 404 g/mol. The zero-order valence-electron chi connectivity index (χ0n) is 16.3. The fourth-order valence-corrected chi connectivity index (χ4v) is 3.94. The number of aryl methyl sites for hydroxylation is 1. The third-order valence-corrected chi connectivity index (χ3v) is 5.45. The molecule has 0 atom stereocenters. The Bertz CT molecular complexity index is 1210. The van der Waals surface area contributed by atoms with Crippen LogP contribution in [0.5, 0.6) is 5.75 Å². The zero-order valence-corrected chi connectivity index (χ0v) is 17.2. The minimum atomic E-state index is 0.164. The lowest BCUT2D eigenvalue weighted by Crippen LogP contribution is -2.07. The van der Waals surface area contributed by atoms with Crippen LogP contribution in [-0.4, -0.2) is 12.9 Å². The van der Waals surface area contributed by atoms with Gasteiger partial charge in [-0.2, -0.15) is 11.3 Å². The van der Waals surface area contributed by atoms with E-state index in [1.807, 2.05) is 53.9 Å². The van der Waals surface area contributed by atoms with Crippen molar-refractivity contribution in [2.75, 3.05) is 7.11 Å². The highest BCUT2D eigenvalue weighted by molar-refractivity contribution is 7.08. The van der Waals surface area contributed by atoms with E-state index in [2.05, 4.69) is 11.4 Å². The van der Waals surface area contributed by atoms with Crippen molar-refractivity contribution in [1.29, 1.82) is 0 Å². The van der Waals surface area contributed by atoms with Gasteiger partial charge in [-0.1, -0.05) is 18.2 Å². The van der Waals surface area contributed by atoms with Gasteiger partial charge in [0.1, 0.15) is 17.3 Å². The number of hydrogen-bond acceptors (Lipinski definition) is 5. The molecule has 0 unspecified atom stereocenters. The van der Waals surface area contributed by atoms with Gasteiger partial charge in [-0.25, -0.2) is 4.99 Å². The van der Waals surface area contributed by atoms with Gasteiger partial charge >= 0.3 is 0 Å². The van der Waals surface area contributed by atoms with Gasteiger partial charge in [-0.3, -0.25) is 0 Å². The Hall–Kier alpha value is -3.18.